The molecule has 0 saturated carbocycles. The van der Waals surface area contributed by atoms with E-state index in [0.717, 1.165) is 5.76 Å². The average molecular weight is 236 g/mol. The van der Waals surface area contributed by atoms with Gasteiger partial charge in [-0.15, -0.1) is 0 Å². The molecule has 96 valence electrons. The van der Waals surface area contributed by atoms with Crippen LogP contribution in [0.2, 0.25) is 0 Å². The summed E-state index contributed by atoms with van der Waals surface area (Å²) in [5, 5.41) is 1.99. The Hall–Kier alpha value is -1.22. The predicted molar refractivity (Wildman–Crippen MR) is 72.2 cm³/mol. The fraction of sp³-hybridized carbons (Fsp3) is 0.571. The standard InChI is InChI=1S/C12H18N2O.C2H6/c1-8(2)15-11-6-5-9(3)10-7-14(4)13-12(10)11;1-2/h5-8,12-13H,1-4H3;1-2H3. The van der Waals surface area contributed by atoms with Crippen molar-refractivity contribution in [1.29, 1.82) is 0 Å². The molecule has 1 atom stereocenters. The van der Waals surface area contributed by atoms with Gasteiger partial charge in [-0.3, -0.25) is 0 Å². The summed E-state index contributed by atoms with van der Waals surface area (Å²) in [6.45, 7) is 10.2. The summed E-state index contributed by atoms with van der Waals surface area (Å²) in [5.41, 5.74) is 5.95. The molecule has 17 heavy (non-hydrogen) atoms. The van der Waals surface area contributed by atoms with Crippen LogP contribution >= 0.6 is 0 Å². The molecule has 0 radical (unpaired) electrons. The van der Waals surface area contributed by atoms with Gasteiger partial charge in [0.25, 0.3) is 0 Å². The molecule has 1 heterocycles. The molecule has 0 spiro atoms. The van der Waals surface area contributed by atoms with Gasteiger partial charge in [0, 0.05) is 13.2 Å². The van der Waals surface area contributed by atoms with E-state index in [0.29, 0.717) is 0 Å². The van der Waals surface area contributed by atoms with Crippen LogP contribution in [0.15, 0.2) is 35.3 Å². The molecule has 2 aliphatic rings. The normalized spacial score (nSPS) is 22.2. The highest BCUT2D eigenvalue weighted by atomic mass is 16.5. The summed E-state index contributed by atoms with van der Waals surface area (Å²) in [6.07, 6.45) is 6.51. The fourth-order valence-electron chi connectivity index (χ4n) is 1.92. The first-order chi connectivity index (χ1) is 8.08. The Labute approximate surface area is 105 Å². The number of nitrogens with zero attached hydrogens (tertiary/aromatic N) is 1. The van der Waals surface area contributed by atoms with Crippen molar-refractivity contribution in [3.8, 4) is 0 Å². The molecule has 0 aromatic carbocycles. The second kappa shape index (κ2) is 5.92. The van der Waals surface area contributed by atoms with Crippen LogP contribution in [-0.4, -0.2) is 24.2 Å². The van der Waals surface area contributed by atoms with E-state index in [9.17, 15) is 0 Å². The summed E-state index contributed by atoms with van der Waals surface area (Å²) in [4.78, 5) is 0. The van der Waals surface area contributed by atoms with E-state index in [1.165, 1.54) is 11.1 Å². The first-order valence-corrected chi connectivity index (χ1v) is 6.34. The van der Waals surface area contributed by atoms with Crippen LogP contribution in [0.3, 0.4) is 0 Å². The van der Waals surface area contributed by atoms with Crippen LogP contribution < -0.4 is 5.43 Å². The molecule has 1 N–H and O–H groups in total. The van der Waals surface area contributed by atoms with E-state index in [1.807, 2.05) is 39.8 Å². The molecule has 0 saturated heterocycles. The lowest BCUT2D eigenvalue weighted by atomic mass is 9.95. The molecule has 0 amide bonds. The maximum absolute atomic E-state index is 5.79. The third kappa shape index (κ3) is 3.13. The van der Waals surface area contributed by atoms with Crippen LogP contribution in [0, 0.1) is 0 Å². The Kier molecular flexibility index (Phi) is 4.82. The highest BCUT2D eigenvalue weighted by molar-refractivity contribution is 5.46. The smallest absolute Gasteiger partial charge is 0.120 e. The minimum Gasteiger partial charge on any atom is -0.493 e. The zero-order valence-corrected chi connectivity index (χ0v) is 11.7. The van der Waals surface area contributed by atoms with Gasteiger partial charge < -0.3 is 9.75 Å². The monoisotopic (exact) mass is 236 g/mol. The van der Waals surface area contributed by atoms with E-state index in [1.54, 1.807) is 0 Å². The third-order valence-electron chi connectivity index (χ3n) is 2.59. The number of rotatable bonds is 2. The Morgan fingerprint density at radius 1 is 1.29 bits per heavy atom. The SMILES string of the molecule is CC.CC1=CC=C(OC(C)C)C2NN(C)C=C12. The van der Waals surface area contributed by atoms with Crippen molar-refractivity contribution in [2.45, 2.75) is 46.8 Å². The molecular formula is C14H24N2O. The Bertz CT molecular complexity index is 353. The molecule has 3 heteroatoms. The molecule has 0 aromatic heterocycles. The van der Waals surface area contributed by atoms with E-state index in [4.69, 9.17) is 4.74 Å². The van der Waals surface area contributed by atoms with Gasteiger partial charge in [0.2, 0.25) is 0 Å². The number of hydrogen-bond acceptors (Lipinski definition) is 3. The second-order valence-electron chi connectivity index (χ2n) is 4.34. The van der Waals surface area contributed by atoms with E-state index in [2.05, 4.69) is 30.7 Å². The predicted octanol–water partition coefficient (Wildman–Crippen LogP) is 2.98. The second-order valence-corrected chi connectivity index (χ2v) is 4.34. The van der Waals surface area contributed by atoms with Crippen molar-refractivity contribution in [1.82, 2.24) is 10.4 Å². The van der Waals surface area contributed by atoms with Crippen LogP contribution in [-0.2, 0) is 4.74 Å². The molecule has 0 aromatic rings. The van der Waals surface area contributed by atoms with Crippen LogP contribution in [0.5, 0.6) is 0 Å². The van der Waals surface area contributed by atoms with Gasteiger partial charge in [-0.1, -0.05) is 19.9 Å². The number of fused-ring (bicyclic) bond motifs is 1. The number of allylic oxidation sites excluding steroid dienone is 2. The van der Waals surface area contributed by atoms with Crippen molar-refractivity contribution in [2.75, 3.05) is 7.05 Å². The number of hydrazine groups is 1. The average Bonchev–Trinajstić information content (AvgIpc) is 2.68. The van der Waals surface area contributed by atoms with Crippen molar-refractivity contribution < 1.29 is 4.74 Å². The molecule has 1 aliphatic carbocycles. The summed E-state index contributed by atoms with van der Waals surface area (Å²) in [5.74, 6) is 1.01. The third-order valence-corrected chi connectivity index (χ3v) is 2.59. The van der Waals surface area contributed by atoms with Crippen LogP contribution in [0.1, 0.15) is 34.6 Å². The minimum atomic E-state index is 0.197. The zero-order chi connectivity index (χ0) is 13.0. The molecule has 3 nitrogen and oxygen atoms in total. The minimum absolute atomic E-state index is 0.197. The highest BCUT2D eigenvalue weighted by Crippen LogP contribution is 2.29. The highest BCUT2D eigenvalue weighted by Gasteiger charge is 2.30. The van der Waals surface area contributed by atoms with Crippen molar-refractivity contribution >= 4 is 0 Å². The summed E-state index contributed by atoms with van der Waals surface area (Å²) >= 11 is 0. The number of ether oxygens (including phenoxy) is 1. The van der Waals surface area contributed by atoms with Crippen molar-refractivity contribution in [3.05, 3.63) is 35.3 Å². The quantitative estimate of drug-likeness (QED) is 0.797. The summed E-state index contributed by atoms with van der Waals surface area (Å²) in [6, 6.07) is 0.197. The van der Waals surface area contributed by atoms with Gasteiger partial charge in [-0.2, -0.15) is 0 Å². The number of nitrogens with one attached hydrogen (secondary N) is 1. The van der Waals surface area contributed by atoms with Crippen molar-refractivity contribution in [2.24, 2.45) is 0 Å². The lowest BCUT2D eigenvalue weighted by Gasteiger charge is -2.25. The topological polar surface area (TPSA) is 24.5 Å². The lowest BCUT2D eigenvalue weighted by molar-refractivity contribution is 0.125. The number of hydrogen-bond donors (Lipinski definition) is 1. The van der Waals surface area contributed by atoms with Gasteiger partial charge in [0.05, 0.1) is 6.10 Å². The Morgan fingerprint density at radius 3 is 2.53 bits per heavy atom. The molecule has 1 aliphatic heterocycles. The van der Waals surface area contributed by atoms with Gasteiger partial charge in [-0.25, -0.2) is 5.43 Å². The zero-order valence-electron chi connectivity index (χ0n) is 11.7. The first kappa shape index (κ1) is 13.8. The van der Waals surface area contributed by atoms with Crippen LogP contribution in [0.25, 0.3) is 0 Å². The first-order valence-electron chi connectivity index (χ1n) is 6.34. The summed E-state index contributed by atoms with van der Waals surface area (Å²) in [7, 11) is 2.01. The fourth-order valence-corrected chi connectivity index (χ4v) is 1.92. The van der Waals surface area contributed by atoms with E-state index < -0.39 is 0 Å². The Balaban J connectivity index is 0.000000686. The van der Waals surface area contributed by atoms with Crippen LogP contribution in [0.4, 0.5) is 0 Å². The molecule has 0 bridgehead atoms. The molecule has 2 rings (SSSR count). The molecule has 0 fully saturated rings. The Morgan fingerprint density at radius 2 is 1.94 bits per heavy atom. The van der Waals surface area contributed by atoms with Gasteiger partial charge >= 0.3 is 0 Å². The van der Waals surface area contributed by atoms with Gasteiger partial charge in [0.15, 0.2) is 0 Å². The lowest BCUT2D eigenvalue weighted by Crippen LogP contribution is -2.37. The maximum atomic E-state index is 5.79. The van der Waals surface area contributed by atoms with Gasteiger partial charge in [0.1, 0.15) is 11.8 Å². The van der Waals surface area contributed by atoms with E-state index in [-0.39, 0.29) is 12.1 Å². The molecule has 1 unspecified atom stereocenters. The largest absolute Gasteiger partial charge is 0.493 e. The van der Waals surface area contributed by atoms with E-state index >= 15 is 0 Å². The maximum Gasteiger partial charge on any atom is 0.120 e. The molecular weight excluding hydrogens is 212 g/mol. The summed E-state index contributed by atoms with van der Waals surface area (Å²) < 4.78 is 5.79. The van der Waals surface area contributed by atoms with Gasteiger partial charge in [-0.05, 0) is 38.0 Å². The van der Waals surface area contributed by atoms with Crippen molar-refractivity contribution in [3.63, 3.8) is 0 Å².